The van der Waals surface area contributed by atoms with Crippen molar-refractivity contribution in [2.75, 3.05) is 7.11 Å². The number of carbonyl (C=O) groups is 2. The third-order valence-electron chi connectivity index (χ3n) is 3.73. The van der Waals surface area contributed by atoms with Gasteiger partial charge in [0.2, 0.25) is 5.91 Å². The molecule has 2 rings (SSSR count). The summed E-state index contributed by atoms with van der Waals surface area (Å²) in [5, 5.41) is 5.37. The normalized spacial score (nSPS) is 12.9. The fourth-order valence-electron chi connectivity index (χ4n) is 2.46. The fraction of sp³-hybridized carbons (Fsp3) is 0.222. The Kier molecular flexibility index (Phi) is 6.55. The molecule has 25 heavy (non-hydrogen) atoms. The van der Waals surface area contributed by atoms with Gasteiger partial charge in [-0.3, -0.25) is 15.4 Å². The first kappa shape index (κ1) is 19.0. The average molecular weight is 406 g/mol. The van der Waals surface area contributed by atoms with Gasteiger partial charge in [0.25, 0.3) is 0 Å². The Hall–Kier alpha value is -2.38. The Morgan fingerprint density at radius 3 is 2.36 bits per heavy atom. The number of carbonyl (C=O) groups excluding carboxylic acids is 2. The van der Waals surface area contributed by atoms with Gasteiger partial charge in [0, 0.05) is 6.04 Å². The number of halogens is 1. The van der Waals surface area contributed by atoms with E-state index in [1.54, 1.807) is 7.11 Å². The molecule has 6 nitrogen and oxygen atoms in total. The molecule has 0 aromatic heterocycles. The molecule has 0 spiro atoms. The van der Waals surface area contributed by atoms with Gasteiger partial charge in [-0.25, -0.2) is 4.79 Å². The predicted molar refractivity (Wildman–Crippen MR) is 99.2 cm³/mol. The van der Waals surface area contributed by atoms with Crippen LogP contribution in [0.2, 0.25) is 0 Å². The molecule has 0 heterocycles. The zero-order chi connectivity index (χ0) is 18.4. The molecule has 0 saturated heterocycles. The number of nitrogens with two attached hydrogens (primary N) is 1. The van der Waals surface area contributed by atoms with Gasteiger partial charge in [-0.15, -0.1) is 0 Å². The molecular formula is C18H20BrN3O3. The van der Waals surface area contributed by atoms with E-state index < -0.39 is 18.0 Å². The highest BCUT2D eigenvalue weighted by atomic mass is 79.9. The van der Waals surface area contributed by atoms with Crippen molar-refractivity contribution in [1.82, 2.24) is 10.6 Å². The number of urea groups is 1. The number of rotatable bonds is 6. The summed E-state index contributed by atoms with van der Waals surface area (Å²) in [5.74, 6) is 0.222. The van der Waals surface area contributed by atoms with E-state index in [-0.39, 0.29) is 6.04 Å². The maximum Gasteiger partial charge on any atom is 0.318 e. The second-order valence-electron chi connectivity index (χ2n) is 5.48. The second-order valence-corrected chi connectivity index (χ2v) is 6.33. The minimum absolute atomic E-state index is 0.161. The first-order chi connectivity index (χ1) is 11.9. The van der Waals surface area contributed by atoms with Gasteiger partial charge < -0.3 is 10.5 Å². The summed E-state index contributed by atoms with van der Waals surface area (Å²) in [6, 6.07) is 13.1. The maximum absolute atomic E-state index is 12.4. The van der Waals surface area contributed by atoms with Gasteiger partial charge in [-0.1, -0.05) is 36.4 Å². The number of methoxy groups -OCH3 is 1. The number of primary amides is 1. The van der Waals surface area contributed by atoms with Crippen molar-refractivity contribution in [3.63, 3.8) is 0 Å². The van der Waals surface area contributed by atoms with Crippen LogP contribution in [0.3, 0.4) is 0 Å². The van der Waals surface area contributed by atoms with Gasteiger partial charge in [0.05, 0.1) is 11.6 Å². The molecule has 2 aromatic rings. The van der Waals surface area contributed by atoms with E-state index in [0.29, 0.717) is 0 Å². The molecule has 0 aliphatic heterocycles. The van der Waals surface area contributed by atoms with E-state index in [4.69, 9.17) is 10.5 Å². The van der Waals surface area contributed by atoms with Crippen LogP contribution in [0.25, 0.3) is 0 Å². The second kappa shape index (κ2) is 8.64. The Bertz CT molecular complexity index is 752. The van der Waals surface area contributed by atoms with Crippen LogP contribution in [0.5, 0.6) is 5.75 Å². The van der Waals surface area contributed by atoms with Crippen LogP contribution in [-0.2, 0) is 4.79 Å². The molecule has 7 heteroatoms. The fourth-order valence-corrected chi connectivity index (χ4v) is 3.02. The van der Waals surface area contributed by atoms with Crippen molar-refractivity contribution in [2.45, 2.75) is 19.0 Å². The molecule has 2 atom stereocenters. The number of hydrogen-bond acceptors (Lipinski definition) is 4. The number of benzene rings is 2. The van der Waals surface area contributed by atoms with E-state index in [0.717, 1.165) is 21.3 Å². The van der Waals surface area contributed by atoms with E-state index in [1.165, 1.54) is 0 Å². The highest BCUT2D eigenvalue weighted by Crippen LogP contribution is 2.29. The third-order valence-corrected chi connectivity index (χ3v) is 4.35. The summed E-state index contributed by atoms with van der Waals surface area (Å²) >= 11 is 3.46. The smallest absolute Gasteiger partial charge is 0.318 e. The number of nitrogens with one attached hydrogen (secondary N) is 2. The molecule has 132 valence electrons. The average Bonchev–Trinajstić information content (AvgIpc) is 2.59. The van der Waals surface area contributed by atoms with Crippen molar-refractivity contribution in [2.24, 2.45) is 5.73 Å². The Balaban J connectivity index is 2.25. The van der Waals surface area contributed by atoms with Gasteiger partial charge in [-0.2, -0.15) is 0 Å². The Labute approximate surface area is 154 Å². The standard InChI is InChI=1S/C18H20BrN3O3/c1-11(13-8-9-15(25-2)14(19)10-13)21-16(17(23)22-18(20)24)12-6-4-3-5-7-12/h3-11,16,21H,1-2H3,(H3,20,22,23,24)/t11-,16-/m1/s1. The van der Waals surface area contributed by atoms with Crippen LogP contribution in [-0.4, -0.2) is 19.0 Å². The highest BCUT2D eigenvalue weighted by molar-refractivity contribution is 9.10. The van der Waals surface area contributed by atoms with Crippen molar-refractivity contribution in [1.29, 1.82) is 0 Å². The number of ether oxygens (including phenoxy) is 1. The molecule has 0 radical (unpaired) electrons. The summed E-state index contributed by atoms with van der Waals surface area (Å²) in [7, 11) is 1.60. The number of imide groups is 1. The van der Waals surface area contributed by atoms with Crippen LogP contribution in [0.4, 0.5) is 4.79 Å². The SMILES string of the molecule is COc1ccc([C@@H](C)N[C@@H](C(=O)NC(N)=O)c2ccccc2)cc1Br. The van der Waals surface area contributed by atoms with Crippen LogP contribution in [0.15, 0.2) is 53.0 Å². The van der Waals surface area contributed by atoms with Crippen LogP contribution >= 0.6 is 15.9 Å². The zero-order valence-electron chi connectivity index (χ0n) is 14.0. The van der Waals surface area contributed by atoms with E-state index in [9.17, 15) is 9.59 Å². The molecule has 0 unspecified atom stereocenters. The lowest BCUT2D eigenvalue weighted by Gasteiger charge is -2.23. The van der Waals surface area contributed by atoms with Crippen LogP contribution in [0, 0.1) is 0 Å². The Morgan fingerprint density at radius 1 is 1.12 bits per heavy atom. The molecule has 0 aliphatic carbocycles. The number of amides is 3. The van der Waals surface area contributed by atoms with Crippen molar-refractivity contribution >= 4 is 27.9 Å². The molecule has 2 aromatic carbocycles. The molecule has 0 aliphatic rings. The van der Waals surface area contributed by atoms with Gasteiger partial charge >= 0.3 is 6.03 Å². The lowest BCUT2D eigenvalue weighted by atomic mass is 10.0. The summed E-state index contributed by atoms with van der Waals surface area (Å²) < 4.78 is 6.05. The maximum atomic E-state index is 12.4. The molecule has 0 saturated carbocycles. The van der Waals surface area contributed by atoms with Crippen LogP contribution < -0.4 is 21.1 Å². The predicted octanol–water partition coefficient (Wildman–Crippen LogP) is 3.04. The minimum Gasteiger partial charge on any atom is -0.496 e. The first-order valence-electron chi connectivity index (χ1n) is 7.67. The minimum atomic E-state index is -0.882. The third kappa shape index (κ3) is 5.04. The molecule has 0 bridgehead atoms. The summed E-state index contributed by atoms with van der Waals surface area (Å²) in [5.41, 5.74) is 6.78. The van der Waals surface area contributed by atoms with Crippen molar-refractivity contribution in [3.05, 3.63) is 64.1 Å². The topological polar surface area (TPSA) is 93.4 Å². The van der Waals surface area contributed by atoms with Gasteiger partial charge in [0.1, 0.15) is 11.8 Å². The Morgan fingerprint density at radius 2 is 1.80 bits per heavy atom. The van der Waals surface area contributed by atoms with E-state index in [2.05, 4.69) is 26.6 Å². The lowest BCUT2D eigenvalue weighted by molar-refractivity contribution is -0.122. The quantitative estimate of drug-likeness (QED) is 0.688. The summed E-state index contributed by atoms with van der Waals surface area (Å²) in [4.78, 5) is 23.4. The monoisotopic (exact) mass is 405 g/mol. The van der Waals surface area contributed by atoms with Gasteiger partial charge in [0.15, 0.2) is 0 Å². The van der Waals surface area contributed by atoms with Gasteiger partial charge in [-0.05, 0) is 46.1 Å². The molecule has 4 N–H and O–H groups in total. The van der Waals surface area contributed by atoms with Crippen molar-refractivity contribution in [3.8, 4) is 5.75 Å². The largest absolute Gasteiger partial charge is 0.496 e. The molecule has 3 amide bonds. The summed E-state index contributed by atoms with van der Waals surface area (Å²) in [6.45, 7) is 1.93. The number of hydrogen-bond donors (Lipinski definition) is 3. The highest BCUT2D eigenvalue weighted by Gasteiger charge is 2.24. The summed E-state index contributed by atoms with van der Waals surface area (Å²) in [6.07, 6.45) is 0. The first-order valence-corrected chi connectivity index (χ1v) is 8.46. The van der Waals surface area contributed by atoms with Crippen molar-refractivity contribution < 1.29 is 14.3 Å². The van der Waals surface area contributed by atoms with Crippen LogP contribution in [0.1, 0.15) is 30.1 Å². The lowest BCUT2D eigenvalue weighted by Crippen LogP contribution is -2.43. The molecular weight excluding hydrogens is 386 g/mol. The van der Waals surface area contributed by atoms with E-state index in [1.807, 2.05) is 55.5 Å². The molecule has 0 fully saturated rings. The van der Waals surface area contributed by atoms with E-state index >= 15 is 0 Å². The zero-order valence-corrected chi connectivity index (χ0v) is 15.5.